The third kappa shape index (κ3) is 7.17. The van der Waals surface area contributed by atoms with E-state index in [0.29, 0.717) is 13.2 Å². The van der Waals surface area contributed by atoms with Crippen LogP contribution in [0.15, 0.2) is 155 Å². The zero-order valence-corrected chi connectivity index (χ0v) is 33.3. The fourth-order valence-electron chi connectivity index (χ4n) is 8.35. The minimum absolute atomic E-state index is 0.0219. The highest BCUT2D eigenvalue weighted by atomic mass is 28.4. The molecule has 0 radical (unpaired) electrons. The second-order valence-electron chi connectivity index (χ2n) is 16.0. The molecule has 4 aromatic carbocycles. The normalized spacial score (nSPS) is 18.3. The van der Waals surface area contributed by atoms with Gasteiger partial charge in [0.2, 0.25) is 0 Å². The van der Waals surface area contributed by atoms with Crippen molar-refractivity contribution in [2.24, 2.45) is 11.8 Å². The van der Waals surface area contributed by atoms with E-state index in [0.717, 1.165) is 6.42 Å². The first-order chi connectivity index (χ1) is 24.9. The summed E-state index contributed by atoms with van der Waals surface area (Å²) in [6.07, 6.45) is 6.68. The van der Waals surface area contributed by atoms with Gasteiger partial charge < -0.3 is 8.85 Å². The van der Waals surface area contributed by atoms with Crippen LogP contribution in [0.1, 0.15) is 54.0 Å². The zero-order valence-electron chi connectivity index (χ0n) is 31.3. The van der Waals surface area contributed by atoms with E-state index in [9.17, 15) is 9.59 Å². The smallest absolute Gasteiger partial charge is 0.328 e. The van der Waals surface area contributed by atoms with Crippen molar-refractivity contribution >= 4 is 37.4 Å². The van der Waals surface area contributed by atoms with Crippen molar-refractivity contribution in [2.75, 3.05) is 13.2 Å². The van der Waals surface area contributed by atoms with E-state index in [1.165, 1.54) is 26.8 Å². The van der Waals surface area contributed by atoms with E-state index in [1.807, 2.05) is 0 Å². The number of rotatable bonds is 11. The topological polar surface area (TPSA) is 73.3 Å². The lowest BCUT2D eigenvalue weighted by atomic mass is 9.80. The van der Waals surface area contributed by atoms with Crippen molar-refractivity contribution < 1.29 is 8.85 Å². The summed E-state index contributed by atoms with van der Waals surface area (Å²) in [7, 11) is -5.76. The quantitative estimate of drug-likeness (QED) is 0.126. The Morgan fingerprint density at radius 3 is 1.40 bits per heavy atom. The molecule has 1 N–H and O–H groups in total. The van der Waals surface area contributed by atoms with Crippen LogP contribution in [0.25, 0.3) is 0 Å². The predicted molar refractivity (Wildman–Crippen MR) is 218 cm³/mol. The Bertz CT molecular complexity index is 1970. The molecule has 270 valence electrons. The molecule has 3 atom stereocenters. The largest absolute Gasteiger partial charge is 0.407 e. The van der Waals surface area contributed by atoms with E-state index < -0.39 is 27.9 Å². The molecular formula is C44H52N2O4Si2. The van der Waals surface area contributed by atoms with E-state index >= 15 is 0 Å². The number of hydrogen-bond donors (Lipinski definition) is 1. The molecule has 0 bridgehead atoms. The minimum atomic E-state index is -2.91. The van der Waals surface area contributed by atoms with Crippen molar-refractivity contribution in [1.29, 1.82) is 0 Å². The van der Waals surface area contributed by atoms with Gasteiger partial charge in [-0.3, -0.25) is 14.3 Å². The van der Waals surface area contributed by atoms with Gasteiger partial charge in [-0.05, 0) is 43.2 Å². The van der Waals surface area contributed by atoms with Crippen LogP contribution in [0.3, 0.4) is 0 Å². The SMILES string of the molecule is CC(C)(C)[Si](OC[C@H]1CC=C[C@H](n2ccc(=O)[nH]c2=O)[C@@H]1CO[Si](c1ccccc1)(c1ccccc1)C(C)(C)C)(c1ccccc1)c1ccccc1. The predicted octanol–water partition coefficient (Wildman–Crippen LogP) is 6.42. The number of nitrogens with one attached hydrogen (secondary N) is 1. The van der Waals surface area contributed by atoms with Crippen molar-refractivity contribution in [3.05, 3.63) is 167 Å². The molecule has 1 aromatic heterocycles. The van der Waals surface area contributed by atoms with Crippen molar-refractivity contribution in [1.82, 2.24) is 9.55 Å². The number of aromatic amines is 1. The maximum atomic E-state index is 13.4. The van der Waals surface area contributed by atoms with Gasteiger partial charge >= 0.3 is 5.69 Å². The Hall–Kier alpha value is -4.35. The zero-order chi connectivity index (χ0) is 37.0. The molecule has 0 fully saturated rings. The van der Waals surface area contributed by atoms with Crippen LogP contribution < -0.4 is 32.0 Å². The first-order valence-corrected chi connectivity index (χ1v) is 22.2. The molecule has 8 heteroatoms. The van der Waals surface area contributed by atoms with Crippen LogP contribution in [0.2, 0.25) is 10.1 Å². The van der Waals surface area contributed by atoms with Crippen LogP contribution in [0.4, 0.5) is 0 Å². The first-order valence-electron chi connectivity index (χ1n) is 18.4. The molecular weight excluding hydrogens is 677 g/mol. The Morgan fingerprint density at radius 1 is 0.615 bits per heavy atom. The highest BCUT2D eigenvalue weighted by Gasteiger charge is 2.53. The second-order valence-corrected chi connectivity index (χ2v) is 24.7. The molecule has 6 nitrogen and oxygen atoms in total. The van der Waals surface area contributed by atoms with Crippen LogP contribution in [-0.2, 0) is 8.85 Å². The highest BCUT2D eigenvalue weighted by Crippen LogP contribution is 2.42. The molecule has 1 aliphatic carbocycles. The van der Waals surface area contributed by atoms with Gasteiger partial charge in [-0.15, -0.1) is 0 Å². The van der Waals surface area contributed by atoms with Gasteiger partial charge in [0.25, 0.3) is 22.2 Å². The maximum absolute atomic E-state index is 13.4. The lowest BCUT2D eigenvalue weighted by Crippen LogP contribution is -2.67. The highest BCUT2D eigenvalue weighted by molar-refractivity contribution is 7.00. The van der Waals surface area contributed by atoms with Gasteiger partial charge in [0, 0.05) is 31.4 Å². The van der Waals surface area contributed by atoms with E-state index in [2.05, 4.69) is 180 Å². The average Bonchev–Trinajstić information content (AvgIpc) is 3.13. The summed E-state index contributed by atoms with van der Waals surface area (Å²) in [5.41, 5.74) is -0.834. The van der Waals surface area contributed by atoms with Crippen molar-refractivity contribution in [3.63, 3.8) is 0 Å². The molecule has 0 saturated heterocycles. The lowest BCUT2D eigenvalue weighted by Gasteiger charge is -2.47. The van der Waals surface area contributed by atoms with Gasteiger partial charge in [-0.2, -0.15) is 0 Å². The maximum Gasteiger partial charge on any atom is 0.328 e. The molecule has 0 spiro atoms. The Balaban J connectivity index is 1.46. The van der Waals surface area contributed by atoms with E-state index in [4.69, 9.17) is 8.85 Å². The number of H-pyrrole nitrogens is 1. The molecule has 6 rings (SSSR count). The monoisotopic (exact) mass is 728 g/mol. The lowest BCUT2D eigenvalue weighted by molar-refractivity contribution is 0.0999. The van der Waals surface area contributed by atoms with Gasteiger partial charge in [-0.25, -0.2) is 4.79 Å². The van der Waals surface area contributed by atoms with Crippen LogP contribution in [-0.4, -0.2) is 39.4 Å². The third-order valence-corrected chi connectivity index (χ3v) is 20.8. The summed E-state index contributed by atoms with van der Waals surface area (Å²) in [6, 6.07) is 43.9. The fourth-order valence-corrected chi connectivity index (χ4v) is 17.6. The van der Waals surface area contributed by atoms with Crippen molar-refractivity contribution in [3.8, 4) is 0 Å². The summed E-state index contributed by atoms with van der Waals surface area (Å²) >= 11 is 0. The number of benzene rings is 4. The summed E-state index contributed by atoms with van der Waals surface area (Å²) in [5, 5.41) is 4.47. The van der Waals surface area contributed by atoms with E-state index in [1.54, 1.807) is 10.8 Å². The minimum Gasteiger partial charge on any atom is -0.407 e. The average molecular weight is 729 g/mol. The molecule has 0 saturated carbocycles. The molecule has 0 unspecified atom stereocenters. The molecule has 0 amide bonds. The molecule has 1 heterocycles. The third-order valence-electron chi connectivity index (χ3n) is 10.8. The fraction of sp³-hybridized carbons (Fsp3) is 0.318. The Labute approximate surface area is 310 Å². The number of hydrogen-bond acceptors (Lipinski definition) is 4. The van der Waals surface area contributed by atoms with Crippen molar-refractivity contribution in [2.45, 2.75) is 64.1 Å². The second kappa shape index (κ2) is 15.3. The van der Waals surface area contributed by atoms with Crippen LogP contribution in [0.5, 0.6) is 0 Å². The Kier molecular flexibility index (Phi) is 11.0. The van der Waals surface area contributed by atoms with Gasteiger partial charge in [0.15, 0.2) is 0 Å². The molecule has 5 aromatic rings. The van der Waals surface area contributed by atoms with Gasteiger partial charge in [-0.1, -0.05) is 175 Å². The summed E-state index contributed by atoms with van der Waals surface area (Å²) < 4.78 is 16.8. The molecule has 52 heavy (non-hydrogen) atoms. The number of allylic oxidation sites excluding steroid dienone is 2. The molecule has 0 aliphatic heterocycles. The molecule has 1 aliphatic rings. The number of aromatic nitrogens is 2. The standard InChI is InChI=1S/C44H52N2O4Si2/c1-43(2,3)51(35-21-11-7-12-22-35,36-23-13-8-14-24-36)49-32-34-20-19-29-40(46-31-30-41(47)45-42(46)48)39(34)33-50-52(44(4,5)6,37-25-15-9-16-26-37)38-27-17-10-18-28-38/h7-19,21-31,34,39-40H,20,32-33H2,1-6H3,(H,45,47,48)/t34-,39-,40+/m1/s1. The van der Waals surface area contributed by atoms with Crippen LogP contribution in [0, 0.1) is 11.8 Å². The van der Waals surface area contributed by atoms with Gasteiger partial charge in [0.1, 0.15) is 0 Å². The first kappa shape index (κ1) is 37.4. The summed E-state index contributed by atoms with van der Waals surface area (Å²) in [6.45, 7) is 14.6. The summed E-state index contributed by atoms with van der Waals surface area (Å²) in [5.74, 6) is -0.109. The van der Waals surface area contributed by atoms with E-state index in [-0.39, 0.29) is 28.0 Å². The van der Waals surface area contributed by atoms with Crippen LogP contribution >= 0.6 is 0 Å². The Morgan fingerprint density at radius 2 is 1.02 bits per heavy atom. The van der Waals surface area contributed by atoms with Gasteiger partial charge in [0.05, 0.1) is 6.04 Å². The summed E-state index contributed by atoms with van der Waals surface area (Å²) in [4.78, 5) is 28.1. The number of nitrogens with zero attached hydrogens (tertiary/aromatic N) is 1.